The summed E-state index contributed by atoms with van der Waals surface area (Å²) in [7, 11) is 1.60. The summed E-state index contributed by atoms with van der Waals surface area (Å²) in [5.74, 6) is 0.432. The van der Waals surface area contributed by atoms with Gasteiger partial charge < -0.3 is 4.74 Å². The third-order valence-corrected chi connectivity index (χ3v) is 5.81. The highest BCUT2D eigenvalue weighted by atomic mass is 32.2. The van der Waals surface area contributed by atoms with E-state index in [9.17, 15) is 9.18 Å². The van der Waals surface area contributed by atoms with Crippen molar-refractivity contribution >= 4 is 29.1 Å². The van der Waals surface area contributed by atoms with Crippen molar-refractivity contribution in [2.45, 2.75) is 38.0 Å². The third kappa shape index (κ3) is 5.44. The van der Waals surface area contributed by atoms with Crippen LogP contribution in [-0.4, -0.2) is 34.5 Å². The van der Waals surface area contributed by atoms with Crippen molar-refractivity contribution in [1.29, 1.82) is 0 Å². The molecule has 1 aliphatic heterocycles. The van der Waals surface area contributed by atoms with Gasteiger partial charge in [-0.15, -0.1) is 5.10 Å². The largest absolute Gasteiger partial charge is 0.496 e. The lowest BCUT2D eigenvalue weighted by molar-refractivity contribution is -0.126. The number of amidine groups is 1. The average Bonchev–Trinajstić information content (AvgIpc) is 3.03. The van der Waals surface area contributed by atoms with Crippen molar-refractivity contribution in [2.24, 2.45) is 10.2 Å². The molecule has 0 spiro atoms. The molecule has 0 aromatic heterocycles. The Hall–Kier alpha value is -2.67. The number of hydrogen-bond donors (Lipinski definition) is 0. The van der Waals surface area contributed by atoms with Crippen LogP contribution in [0.3, 0.4) is 0 Å². The summed E-state index contributed by atoms with van der Waals surface area (Å²) in [5.41, 5.74) is 1.65. The first-order valence-corrected chi connectivity index (χ1v) is 10.5. The molecule has 2 aromatic carbocycles. The van der Waals surface area contributed by atoms with E-state index >= 15 is 0 Å². The predicted molar refractivity (Wildman–Crippen MR) is 116 cm³/mol. The van der Waals surface area contributed by atoms with Crippen molar-refractivity contribution in [3.8, 4) is 5.75 Å². The second-order valence-electron chi connectivity index (χ2n) is 6.67. The number of thioether (sulfide) groups is 1. The molecular formula is C22H24FN3O2S. The Morgan fingerprint density at radius 2 is 1.97 bits per heavy atom. The number of nitrogens with zero attached hydrogens (tertiary/aromatic N) is 3. The molecule has 2 aromatic rings. The highest BCUT2D eigenvalue weighted by molar-refractivity contribution is 8.15. The topological polar surface area (TPSA) is 54.3 Å². The van der Waals surface area contributed by atoms with E-state index in [0.29, 0.717) is 17.5 Å². The maximum atomic E-state index is 13.2. The van der Waals surface area contributed by atoms with E-state index in [1.165, 1.54) is 23.9 Å². The summed E-state index contributed by atoms with van der Waals surface area (Å²) in [6.07, 6.45) is 4.42. The first-order valence-electron chi connectivity index (χ1n) is 9.59. The molecular weight excluding hydrogens is 389 g/mol. The highest BCUT2D eigenvalue weighted by Gasteiger charge is 2.37. The number of carbonyl (C=O) groups excluding carboxylic acids is 1. The van der Waals surface area contributed by atoms with Gasteiger partial charge in [-0.1, -0.05) is 55.8 Å². The minimum atomic E-state index is -0.299. The highest BCUT2D eigenvalue weighted by Crippen LogP contribution is 2.32. The molecule has 1 amide bonds. The van der Waals surface area contributed by atoms with E-state index in [-0.39, 0.29) is 17.0 Å². The normalized spacial score (nSPS) is 18.2. The van der Waals surface area contributed by atoms with Gasteiger partial charge in [0.25, 0.3) is 0 Å². The van der Waals surface area contributed by atoms with Crippen molar-refractivity contribution in [2.75, 3.05) is 7.11 Å². The quantitative estimate of drug-likeness (QED) is 0.459. The molecule has 0 saturated carbocycles. The van der Waals surface area contributed by atoms with Gasteiger partial charge in [0.2, 0.25) is 5.91 Å². The van der Waals surface area contributed by atoms with Gasteiger partial charge in [0, 0.05) is 5.56 Å². The van der Waals surface area contributed by atoms with Crippen LogP contribution in [-0.2, 0) is 11.3 Å². The summed E-state index contributed by atoms with van der Waals surface area (Å²) < 4.78 is 18.5. The van der Waals surface area contributed by atoms with E-state index in [4.69, 9.17) is 4.74 Å². The Morgan fingerprint density at radius 1 is 1.21 bits per heavy atom. The van der Waals surface area contributed by atoms with Gasteiger partial charge in [0.15, 0.2) is 5.17 Å². The lowest BCUT2D eigenvalue weighted by Gasteiger charge is -2.16. The molecule has 7 heteroatoms. The first kappa shape index (κ1) is 21.0. The summed E-state index contributed by atoms with van der Waals surface area (Å²) in [6, 6.07) is 13.7. The predicted octanol–water partition coefficient (Wildman–Crippen LogP) is 4.86. The Bertz CT molecular complexity index is 899. The zero-order chi connectivity index (χ0) is 20.6. The summed E-state index contributed by atoms with van der Waals surface area (Å²) >= 11 is 1.44. The molecule has 152 valence electrons. The zero-order valence-electron chi connectivity index (χ0n) is 16.5. The van der Waals surface area contributed by atoms with Crippen LogP contribution in [0.2, 0.25) is 0 Å². The first-order chi connectivity index (χ1) is 14.1. The fourth-order valence-corrected chi connectivity index (χ4v) is 4.13. The molecule has 1 fully saturated rings. The number of methoxy groups -OCH3 is 1. The summed E-state index contributed by atoms with van der Waals surface area (Å²) in [5, 5.41) is 8.92. The van der Waals surface area contributed by atoms with Crippen LogP contribution in [0.25, 0.3) is 0 Å². The Labute approximate surface area is 174 Å². The van der Waals surface area contributed by atoms with Gasteiger partial charge in [-0.05, 0) is 36.2 Å². The van der Waals surface area contributed by atoms with E-state index in [1.807, 2.05) is 24.3 Å². The van der Waals surface area contributed by atoms with Crippen molar-refractivity contribution in [1.82, 2.24) is 4.90 Å². The maximum Gasteiger partial charge on any atom is 0.242 e. The third-order valence-electron chi connectivity index (χ3n) is 4.57. The van der Waals surface area contributed by atoms with Gasteiger partial charge in [-0.25, -0.2) is 4.39 Å². The molecule has 29 heavy (non-hydrogen) atoms. The molecule has 1 atom stereocenters. The van der Waals surface area contributed by atoms with Crippen LogP contribution in [0.4, 0.5) is 4.39 Å². The zero-order valence-corrected chi connectivity index (χ0v) is 17.4. The number of carbonyl (C=O) groups is 1. The molecule has 3 rings (SSSR count). The Morgan fingerprint density at radius 3 is 2.69 bits per heavy atom. The van der Waals surface area contributed by atoms with Gasteiger partial charge >= 0.3 is 0 Å². The number of rotatable bonds is 8. The minimum absolute atomic E-state index is 0.0269. The van der Waals surface area contributed by atoms with Gasteiger partial charge in [0.1, 0.15) is 11.6 Å². The standard InChI is InChI=1S/C22H24FN3O2S/c1-3-4-9-20-21(27)26(15-16-10-12-18(23)13-11-16)22(29-20)25-24-14-17-7-5-6-8-19(17)28-2/h5-8,10-14,20H,3-4,9,15H2,1-2H3/b24-14+,25-22-. The van der Waals surface area contributed by atoms with Crippen molar-refractivity contribution < 1.29 is 13.9 Å². The molecule has 1 heterocycles. The van der Waals surface area contributed by atoms with E-state index in [0.717, 1.165) is 30.4 Å². The molecule has 1 aliphatic rings. The lowest BCUT2D eigenvalue weighted by Crippen LogP contribution is -2.31. The van der Waals surface area contributed by atoms with Gasteiger partial charge in [-0.2, -0.15) is 5.10 Å². The summed E-state index contributed by atoms with van der Waals surface area (Å²) in [6.45, 7) is 2.45. The molecule has 0 aliphatic carbocycles. The van der Waals surface area contributed by atoms with Crippen LogP contribution < -0.4 is 4.74 Å². The van der Waals surface area contributed by atoms with Gasteiger partial charge in [-0.3, -0.25) is 9.69 Å². The molecule has 0 N–H and O–H groups in total. The number of halogens is 1. The SMILES string of the molecule is CCCCC1S/C(=N\N=C\c2ccccc2OC)N(Cc2ccc(F)cc2)C1=O. The Balaban J connectivity index is 1.81. The number of benzene rings is 2. The molecule has 0 radical (unpaired) electrons. The number of para-hydroxylation sites is 1. The van der Waals surface area contributed by atoms with Crippen molar-refractivity contribution in [3.05, 3.63) is 65.5 Å². The number of ether oxygens (including phenoxy) is 1. The molecule has 1 unspecified atom stereocenters. The van der Waals surface area contributed by atoms with Crippen LogP contribution in [0, 0.1) is 5.82 Å². The van der Waals surface area contributed by atoms with E-state index < -0.39 is 0 Å². The number of hydrogen-bond acceptors (Lipinski definition) is 5. The van der Waals surface area contributed by atoms with Gasteiger partial charge in [0.05, 0.1) is 25.1 Å². The van der Waals surface area contributed by atoms with Crippen molar-refractivity contribution in [3.63, 3.8) is 0 Å². The minimum Gasteiger partial charge on any atom is -0.496 e. The molecule has 0 bridgehead atoms. The second-order valence-corrected chi connectivity index (χ2v) is 7.84. The maximum absolute atomic E-state index is 13.2. The van der Waals surface area contributed by atoms with Crippen LogP contribution in [0.15, 0.2) is 58.7 Å². The van der Waals surface area contributed by atoms with Crippen LogP contribution >= 0.6 is 11.8 Å². The van der Waals surface area contributed by atoms with E-state index in [2.05, 4.69) is 17.1 Å². The Kier molecular flexibility index (Phi) is 7.41. The average molecular weight is 414 g/mol. The molecule has 5 nitrogen and oxygen atoms in total. The van der Waals surface area contributed by atoms with E-state index in [1.54, 1.807) is 30.4 Å². The number of amides is 1. The monoisotopic (exact) mass is 413 g/mol. The van der Waals surface area contributed by atoms with Crippen LogP contribution in [0.5, 0.6) is 5.75 Å². The summed E-state index contributed by atoms with van der Waals surface area (Å²) in [4.78, 5) is 14.5. The number of unbranched alkanes of at least 4 members (excludes halogenated alkanes) is 1. The molecule has 1 saturated heterocycles. The van der Waals surface area contributed by atoms with Crippen LogP contribution in [0.1, 0.15) is 37.3 Å². The fourth-order valence-electron chi connectivity index (χ4n) is 2.99. The second kappa shape index (κ2) is 10.2. The smallest absolute Gasteiger partial charge is 0.242 e. The lowest BCUT2D eigenvalue weighted by atomic mass is 10.1. The fraction of sp³-hybridized carbons (Fsp3) is 0.318.